The van der Waals surface area contributed by atoms with Gasteiger partial charge in [-0.25, -0.2) is 9.97 Å². The summed E-state index contributed by atoms with van der Waals surface area (Å²) in [7, 11) is 0. The van der Waals surface area contributed by atoms with Crippen molar-refractivity contribution >= 4 is 63.1 Å². The van der Waals surface area contributed by atoms with Crippen molar-refractivity contribution < 1.29 is 8.83 Å². The van der Waals surface area contributed by atoms with Crippen LogP contribution in [0.25, 0.3) is 45.4 Å². The van der Waals surface area contributed by atoms with E-state index >= 15 is 0 Å². The van der Waals surface area contributed by atoms with Gasteiger partial charge in [-0.3, -0.25) is 0 Å². The Morgan fingerprint density at radius 3 is 1.74 bits per heavy atom. The highest BCUT2D eigenvalue weighted by atomic mass is 35.5. The van der Waals surface area contributed by atoms with Gasteiger partial charge in [-0.2, -0.15) is 9.97 Å². The first-order chi connectivity index (χ1) is 18.5. The predicted octanol–water partition coefficient (Wildman–Crippen LogP) is 8.34. The molecule has 0 aliphatic carbocycles. The van der Waals surface area contributed by atoms with Gasteiger partial charge in [0.05, 0.1) is 0 Å². The quantitative estimate of drug-likeness (QED) is 0.200. The third-order valence-electron chi connectivity index (χ3n) is 6.04. The van der Waals surface area contributed by atoms with E-state index in [4.69, 9.17) is 43.6 Å². The lowest BCUT2D eigenvalue weighted by Gasteiger charge is -2.15. The third-order valence-corrected chi connectivity index (χ3v) is 6.72. The van der Waals surface area contributed by atoms with Gasteiger partial charge in [0.15, 0.2) is 0 Å². The van der Waals surface area contributed by atoms with Gasteiger partial charge in [0.1, 0.15) is 22.0 Å². The van der Waals surface area contributed by atoms with Crippen molar-refractivity contribution in [1.29, 1.82) is 0 Å². The van der Waals surface area contributed by atoms with Gasteiger partial charge >= 0.3 is 0 Å². The minimum absolute atomic E-state index is 0.381. The first-order valence-corrected chi connectivity index (χ1v) is 13.1. The van der Waals surface area contributed by atoms with E-state index in [1.807, 2.05) is 48.5 Å². The molecule has 0 amide bonds. The Balaban J connectivity index is 0.000000142. The lowest BCUT2D eigenvalue weighted by Crippen LogP contribution is -2.18. The first-order valence-electron chi connectivity index (χ1n) is 12.0. The van der Waals surface area contributed by atoms with Crippen LogP contribution in [-0.4, -0.2) is 33.0 Å². The smallest absolute Gasteiger partial charge is 0.249 e. The molecule has 0 atom stereocenters. The van der Waals surface area contributed by atoms with Gasteiger partial charge in [0.25, 0.3) is 0 Å². The van der Waals surface area contributed by atoms with Crippen LogP contribution >= 0.6 is 34.8 Å². The van der Waals surface area contributed by atoms with Crippen LogP contribution in [0.15, 0.2) is 81.6 Å². The second-order valence-electron chi connectivity index (χ2n) is 8.70. The Hall–Kier alpha value is -3.65. The minimum atomic E-state index is 0.381. The zero-order chi connectivity index (χ0) is 26.1. The van der Waals surface area contributed by atoms with E-state index in [1.54, 1.807) is 24.3 Å². The van der Waals surface area contributed by atoms with Crippen LogP contribution in [-0.2, 0) is 0 Å². The van der Waals surface area contributed by atoms with Crippen LogP contribution in [0, 0.1) is 0 Å². The summed E-state index contributed by atoms with van der Waals surface area (Å²) >= 11 is 17.7. The molecule has 0 saturated carbocycles. The molecule has 6 aromatic rings. The van der Waals surface area contributed by atoms with Gasteiger partial charge in [-0.1, -0.05) is 46.9 Å². The zero-order valence-corrected chi connectivity index (χ0v) is 22.2. The molecule has 1 fully saturated rings. The van der Waals surface area contributed by atoms with E-state index in [2.05, 4.69) is 24.8 Å². The zero-order valence-electron chi connectivity index (χ0n) is 19.9. The Morgan fingerprint density at radius 1 is 0.605 bits per heavy atom. The van der Waals surface area contributed by atoms with Crippen LogP contribution in [0.5, 0.6) is 0 Å². The highest BCUT2D eigenvalue weighted by Gasteiger charge is 2.16. The number of anilines is 1. The number of pyridine rings is 2. The number of benzene rings is 2. The summed E-state index contributed by atoms with van der Waals surface area (Å²) in [6, 6.07) is 22.2. The van der Waals surface area contributed by atoms with Crippen LogP contribution in [0.4, 0.5) is 5.82 Å². The monoisotopic (exact) mass is 563 g/mol. The lowest BCUT2D eigenvalue weighted by molar-refractivity contribution is 0.607. The maximum absolute atomic E-state index is 6.01. The Labute approximate surface area is 233 Å². The van der Waals surface area contributed by atoms with E-state index in [-0.39, 0.29) is 0 Å². The Bertz CT molecular complexity index is 1740. The normalized spacial score (nSPS) is 13.2. The fraction of sp³-hybridized carbons (Fsp3) is 0.143. The van der Waals surface area contributed by atoms with Gasteiger partial charge in [0.2, 0.25) is 23.2 Å². The summed E-state index contributed by atoms with van der Waals surface area (Å²) in [4.78, 5) is 19.7. The van der Waals surface area contributed by atoms with Crippen molar-refractivity contribution in [3.8, 4) is 22.9 Å². The van der Waals surface area contributed by atoms with Gasteiger partial charge in [-0.05, 0) is 73.5 Å². The third kappa shape index (κ3) is 5.31. The molecular weight excluding hydrogens is 545 g/mol. The van der Waals surface area contributed by atoms with Crippen molar-refractivity contribution in [2.45, 2.75) is 12.8 Å². The number of oxazole rings is 2. The second kappa shape index (κ2) is 10.6. The van der Waals surface area contributed by atoms with Crippen molar-refractivity contribution in [2.75, 3.05) is 18.0 Å². The molecule has 7 rings (SSSR count). The van der Waals surface area contributed by atoms with Crippen molar-refractivity contribution in [3.05, 3.63) is 88.0 Å². The molecule has 0 N–H and O–H groups in total. The number of fused-ring (bicyclic) bond motifs is 2. The molecule has 5 heterocycles. The number of hydrogen-bond donors (Lipinski definition) is 0. The summed E-state index contributed by atoms with van der Waals surface area (Å²) in [5.74, 6) is 2.00. The molecule has 190 valence electrons. The SMILES string of the molecule is Clc1cccc(-c2nc3ccc(Cl)nc3o2)c1.Clc1cccc(-c2nc3ccc(N4CCCC4)nc3o2)c1. The van der Waals surface area contributed by atoms with Gasteiger partial charge < -0.3 is 13.7 Å². The van der Waals surface area contributed by atoms with E-state index in [1.165, 1.54) is 12.8 Å². The summed E-state index contributed by atoms with van der Waals surface area (Å²) in [5, 5.41) is 1.68. The van der Waals surface area contributed by atoms with Gasteiger partial charge in [-0.15, -0.1) is 0 Å². The van der Waals surface area contributed by atoms with Crippen LogP contribution in [0.1, 0.15) is 12.8 Å². The molecular formula is C28H20Cl3N5O2. The molecule has 38 heavy (non-hydrogen) atoms. The van der Waals surface area contributed by atoms with Crippen LogP contribution < -0.4 is 4.90 Å². The summed E-state index contributed by atoms with van der Waals surface area (Å²) in [6.45, 7) is 2.13. The van der Waals surface area contributed by atoms with Crippen molar-refractivity contribution in [1.82, 2.24) is 19.9 Å². The standard InChI is InChI=1S/C16H14ClN3O.C12H6Cl2N2O/c17-12-5-3-4-11(10-12)15-18-13-6-7-14(19-16(13)21-15)20-8-1-2-9-20;13-8-3-1-2-7(6-8)11-15-9-4-5-10(14)16-12(9)17-11/h3-7,10H,1-2,8-9H2;1-6H. The molecule has 0 bridgehead atoms. The fourth-order valence-electron chi connectivity index (χ4n) is 4.21. The highest BCUT2D eigenvalue weighted by Crippen LogP contribution is 2.28. The molecule has 0 unspecified atom stereocenters. The average Bonchev–Trinajstić information content (AvgIpc) is 3.68. The molecule has 4 aromatic heterocycles. The molecule has 0 radical (unpaired) electrons. The van der Waals surface area contributed by atoms with Crippen molar-refractivity contribution in [3.63, 3.8) is 0 Å². The minimum Gasteiger partial charge on any atom is -0.418 e. The average molecular weight is 565 g/mol. The van der Waals surface area contributed by atoms with E-state index in [9.17, 15) is 0 Å². The number of halogens is 3. The largest absolute Gasteiger partial charge is 0.418 e. The Morgan fingerprint density at radius 2 is 1.16 bits per heavy atom. The highest BCUT2D eigenvalue weighted by molar-refractivity contribution is 6.31. The summed E-state index contributed by atoms with van der Waals surface area (Å²) < 4.78 is 11.3. The summed E-state index contributed by atoms with van der Waals surface area (Å²) in [5.41, 5.74) is 4.12. The van der Waals surface area contributed by atoms with E-state index < -0.39 is 0 Å². The number of rotatable bonds is 3. The lowest BCUT2D eigenvalue weighted by atomic mass is 10.2. The number of nitrogens with zero attached hydrogens (tertiary/aromatic N) is 5. The maximum atomic E-state index is 6.01. The fourth-order valence-corrected chi connectivity index (χ4v) is 4.73. The molecule has 1 aliphatic heterocycles. The molecule has 1 saturated heterocycles. The Kier molecular flexibility index (Phi) is 6.89. The predicted molar refractivity (Wildman–Crippen MR) is 151 cm³/mol. The van der Waals surface area contributed by atoms with E-state index in [0.29, 0.717) is 43.9 Å². The van der Waals surface area contributed by atoms with Gasteiger partial charge in [0, 0.05) is 34.3 Å². The first kappa shape index (κ1) is 24.7. The number of aromatic nitrogens is 4. The van der Waals surface area contributed by atoms with E-state index in [0.717, 1.165) is 35.6 Å². The molecule has 1 aliphatic rings. The maximum Gasteiger partial charge on any atom is 0.249 e. The molecule has 0 spiro atoms. The molecule has 7 nitrogen and oxygen atoms in total. The topological polar surface area (TPSA) is 81.1 Å². The molecule has 10 heteroatoms. The van der Waals surface area contributed by atoms with Crippen LogP contribution in [0.3, 0.4) is 0 Å². The number of hydrogen-bond acceptors (Lipinski definition) is 7. The second-order valence-corrected chi connectivity index (χ2v) is 9.96. The van der Waals surface area contributed by atoms with Crippen LogP contribution in [0.2, 0.25) is 15.2 Å². The van der Waals surface area contributed by atoms with Crippen molar-refractivity contribution in [2.24, 2.45) is 0 Å². The molecule has 2 aromatic carbocycles. The summed E-state index contributed by atoms with van der Waals surface area (Å²) in [6.07, 6.45) is 2.45.